The maximum absolute atomic E-state index is 12.4. The van der Waals surface area contributed by atoms with Crippen molar-refractivity contribution in [2.45, 2.75) is 37.9 Å². The molecule has 1 aromatic carbocycles. The van der Waals surface area contributed by atoms with Gasteiger partial charge in [-0.15, -0.1) is 0 Å². The molecule has 21 heavy (non-hydrogen) atoms. The first-order valence-corrected chi connectivity index (χ1v) is 7.48. The summed E-state index contributed by atoms with van der Waals surface area (Å²) in [5, 5.41) is 6.37. The second-order valence-electron chi connectivity index (χ2n) is 5.92. The van der Waals surface area contributed by atoms with E-state index in [0.29, 0.717) is 13.0 Å². The van der Waals surface area contributed by atoms with Crippen LogP contribution in [0, 0.1) is 0 Å². The van der Waals surface area contributed by atoms with Crippen LogP contribution >= 0.6 is 0 Å². The SMILES string of the molecule is CN1CC(NC(=O)[C@@H]2Cc3ccccc3CN2)CCC1=O. The van der Waals surface area contributed by atoms with E-state index in [0.717, 1.165) is 19.4 Å². The third-order valence-electron chi connectivity index (χ3n) is 4.37. The molecule has 3 rings (SSSR count). The average Bonchev–Trinajstić information content (AvgIpc) is 2.50. The molecule has 112 valence electrons. The zero-order chi connectivity index (χ0) is 14.8. The molecule has 0 saturated carbocycles. The van der Waals surface area contributed by atoms with E-state index in [1.165, 1.54) is 11.1 Å². The number of carbonyl (C=O) groups excluding carboxylic acids is 2. The number of fused-ring (bicyclic) bond motifs is 1. The molecule has 0 spiro atoms. The molecule has 0 radical (unpaired) electrons. The van der Waals surface area contributed by atoms with Crippen LogP contribution in [-0.4, -0.2) is 42.4 Å². The van der Waals surface area contributed by atoms with Crippen molar-refractivity contribution in [2.24, 2.45) is 0 Å². The van der Waals surface area contributed by atoms with Crippen LogP contribution in [0.2, 0.25) is 0 Å². The number of piperidine rings is 1. The Hall–Kier alpha value is -1.88. The van der Waals surface area contributed by atoms with Gasteiger partial charge in [-0.2, -0.15) is 0 Å². The molecule has 0 aliphatic carbocycles. The van der Waals surface area contributed by atoms with Crippen molar-refractivity contribution >= 4 is 11.8 Å². The van der Waals surface area contributed by atoms with Crippen LogP contribution in [0.15, 0.2) is 24.3 Å². The maximum Gasteiger partial charge on any atom is 0.237 e. The summed E-state index contributed by atoms with van der Waals surface area (Å²) in [4.78, 5) is 25.5. The molecular weight excluding hydrogens is 266 g/mol. The van der Waals surface area contributed by atoms with Crippen molar-refractivity contribution in [3.05, 3.63) is 35.4 Å². The standard InChI is InChI=1S/C16H21N3O2/c1-19-10-13(6-7-15(19)20)18-16(21)14-8-11-4-2-3-5-12(11)9-17-14/h2-5,13-14,17H,6-10H2,1H3,(H,18,21)/t13?,14-/m0/s1. The highest BCUT2D eigenvalue weighted by Crippen LogP contribution is 2.17. The van der Waals surface area contributed by atoms with Gasteiger partial charge in [-0.3, -0.25) is 9.59 Å². The molecule has 2 aliphatic heterocycles. The predicted molar refractivity (Wildman–Crippen MR) is 79.6 cm³/mol. The number of carbonyl (C=O) groups is 2. The Bertz CT molecular complexity index is 558. The van der Waals surface area contributed by atoms with E-state index in [1.807, 2.05) is 12.1 Å². The summed E-state index contributed by atoms with van der Waals surface area (Å²) in [5.41, 5.74) is 2.51. The van der Waals surface area contributed by atoms with Crippen LogP contribution in [0.5, 0.6) is 0 Å². The normalized spacial score (nSPS) is 25.4. The van der Waals surface area contributed by atoms with E-state index in [1.54, 1.807) is 11.9 Å². The van der Waals surface area contributed by atoms with Gasteiger partial charge < -0.3 is 15.5 Å². The van der Waals surface area contributed by atoms with Crippen molar-refractivity contribution in [3.8, 4) is 0 Å². The number of amides is 2. The Morgan fingerprint density at radius 1 is 1.33 bits per heavy atom. The van der Waals surface area contributed by atoms with Gasteiger partial charge in [-0.05, 0) is 24.0 Å². The summed E-state index contributed by atoms with van der Waals surface area (Å²) in [6.45, 7) is 1.34. The number of likely N-dealkylation sites (N-methyl/N-ethyl adjacent to an activating group) is 1. The van der Waals surface area contributed by atoms with Gasteiger partial charge in [-0.25, -0.2) is 0 Å². The molecule has 2 amide bonds. The van der Waals surface area contributed by atoms with E-state index in [2.05, 4.69) is 22.8 Å². The minimum atomic E-state index is -0.178. The highest BCUT2D eigenvalue weighted by Gasteiger charge is 2.28. The average molecular weight is 287 g/mol. The van der Waals surface area contributed by atoms with E-state index in [-0.39, 0.29) is 23.9 Å². The topological polar surface area (TPSA) is 61.4 Å². The van der Waals surface area contributed by atoms with E-state index >= 15 is 0 Å². The molecule has 1 saturated heterocycles. The number of nitrogens with one attached hydrogen (secondary N) is 2. The largest absolute Gasteiger partial charge is 0.350 e. The zero-order valence-electron chi connectivity index (χ0n) is 12.3. The first-order chi connectivity index (χ1) is 10.1. The molecule has 2 N–H and O–H groups in total. The van der Waals surface area contributed by atoms with Crippen molar-refractivity contribution in [1.29, 1.82) is 0 Å². The third-order valence-corrected chi connectivity index (χ3v) is 4.37. The van der Waals surface area contributed by atoms with Gasteiger partial charge in [-0.1, -0.05) is 24.3 Å². The Balaban J connectivity index is 1.58. The minimum absolute atomic E-state index is 0.0391. The van der Waals surface area contributed by atoms with E-state index in [9.17, 15) is 9.59 Å². The van der Waals surface area contributed by atoms with Crippen LogP contribution in [0.4, 0.5) is 0 Å². The van der Waals surface area contributed by atoms with E-state index in [4.69, 9.17) is 0 Å². The summed E-state index contributed by atoms with van der Waals surface area (Å²) >= 11 is 0. The van der Waals surface area contributed by atoms with Crippen LogP contribution in [0.1, 0.15) is 24.0 Å². The smallest absolute Gasteiger partial charge is 0.237 e. The summed E-state index contributed by atoms with van der Waals surface area (Å²) in [6, 6.07) is 8.11. The van der Waals surface area contributed by atoms with Gasteiger partial charge in [0.1, 0.15) is 0 Å². The summed E-state index contributed by atoms with van der Waals surface area (Å²) in [7, 11) is 1.79. The molecule has 0 bridgehead atoms. The number of rotatable bonds is 2. The summed E-state index contributed by atoms with van der Waals surface area (Å²) in [5.74, 6) is 0.197. The van der Waals surface area contributed by atoms with Gasteiger partial charge >= 0.3 is 0 Å². The Morgan fingerprint density at radius 3 is 2.86 bits per heavy atom. The van der Waals surface area contributed by atoms with Gasteiger partial charge in [0.15, 0.2) is 0 Å². The van der Waals surface area contributed by atoms with Crippen LogP contribution in [0.3, 0.4) is 0 Å². The molecule has 0 aromatic heterocycles. The molecule has 5 heteroatoms. The monoisotopic (exact) mass is 287 g/mol. The zero-order valence-corrected chi connectivity index (χ0v) is 12.3. The first kappa shape index (κ1) is 14.1. The lowest BCUT2D eigenvalue weighted by Crippen LogP contribution is -2.54. The summed E-state index contributed by atoms with van der Waals surface area (Å²) < 4.78 is 0. The Kier molecular flexibility index (Phi) is 3.92. The molecule has 2 atom stereocenters. The van der Waals surface area contributed by atoms with Gasteiger partial charge in [0, 0.05) is 32.6 Å². The molecule has 1 aromatic rings. The fourth-order valence-corrected chi connectivity index (χ4v) is 3.07. The first-order valence-electron chi connectivity index (χ1n) is 7.48. The number of likely N-dealkylation sites (tertiary alicyclic amines) is 1. The maximum atomic E-state index is 12.4. The second-order valence-corrected chi connectivity index (χ2v) is 5.92. The Labute approximate surface area is 124 Å². The van der Waals surface area contributed by atoms with Crippen LogP contribution in [0.25, 0.3) is 0 Å². The van der Waals surface area contributed by atoms with Crippen LogP contribution < -0.4 is 10.6 Å². The lowest BCUT2D eigenvalue weighted by Gasteiger charge is -2.32. The quantitative estimate of drug-likeness (QED) is 0.829. The molecule has 2 heterocycles. The van der Waals surface area contributed by atoms with E-state index < -0.39 is 0 Å². The minimum Gasteiger partial charge on any atom is -0.350 e. The molecule has 5 nitrogen and oxygen atoms in total. The molecule has 1 fully saturated rings. The molecule has 1 unspecified atom stereocenters. The third kappa shape index (κ3) is 3.08. The lowest BCUT2D eigenvalue weighted by atomic mass is 9.95. The number of benzene rings is 1. The number of nitrogens with zero attached hydrogens (tertiary/aromatic N) is 1. The second kappa shape index (κ2) is 5.85. The van der Waals surface area contributed by atoms with Crippen molar-refractivity contribution in [1.82, 2.24) is 15.5 Å². The molecular formula is C16H21N3O2. The summed E-state index contributed by atoms with van der Waals surface area (Å²) in [6.07, 6.45) is 1.98. The number of hydrogen-bond donors (Lipinski definition) is 2. The van der Waals surface area contributed by atoms with Gasteiger partial charge in [0.05, 0.1) is 6.04 Å². The fourth-order valence-electron chi connectivity index (χ4n) is 3.07. The highest BCUT2D eigenvalue weighted by atomic mass is 16.2. The van der Waals surface area contributed by atoms with Gasteiger partial charge in [0.25, 0.3) is 0 Å². The van der Waals surface area contributed by atoms with Crippen molar-refractivity contribution in [2.75, 3.05) is 13.6 Å². The fraction of sp³-hybridized carbons (Fsp3) is 0.500. The number of hydrogen-bond acceptors (Lipinski definition) is 3. The van der Waals surface area contributed by atoms with Crippen molar-refractivity contribution in [3.63, 3.8) is 0 Å². The Morgan fingerprint density at radius 2 is 2.10 bits per heavy atom. The predicted octanol–water partition coefficient (Wildman–Crippen LogP) is 0.438. The molecule has 2 aliphatic rings. The lowest BCUT2D eigenvalue weighted by molar-refractivity contribution is -0.134. The van der Waals surface area contributed by atoms with Gasteiger partial charge in [0.2, 0.25) is 11.8 Å². The highest BCUT2D eigenvalue weighted by molar-refractivity contribution is 5.83. The van der Waals surface area contributed by atoms with Crippen LogP contribution in [-0.2, 0) is 22.6 Å². The van der Waals surface area contributed by atoms with Crippen molar-refractivity contribution < 1.29 is 9.59 Å².